The number of benzene rings is 1. The van der Waals surface area contributed by atoms with E-state index in [1.165, 1.54) is 6.08 Å². The first-order valence-corrected chi connectivity index (χ1v) is 4.58. The van der Waals surface area contributed by atoms with Gasteiger partial charge in [-0.15, -0.1) is 0 Å². The van der Waals surface area contributed by atoms with E-state index in [0.29, 0.717) is 0 Å². The molecule has 90 valence electrons. The molecule has 0 heterocycles. The van der Waals surface area contributed by atoms with Crippen molar-refractivity contribution in [3.8, 4) is 0 Å². The van der Waals surface area contributed by atoms with Crippen molar-refractivity contribution in [2.24, 2.45) is 5.11 Å². The average molecular weight is 245 g/mol. The summed E-state index contributed by atoms with van der Waals surface area (Å²) < 4.78 is 51.7. The summed E-state index contributed by atoms with van der Waals surface area (Å²) in [6, 6.07) is 0.141. The molecule has 0 aromatic heterocycles. The Kier molecular flexibility index (Phi) is 4.54. The van der Waals surface area contributed by atoms with Crippen molar-refractivity contribution in [1.82, 2.24) is 0 Å². The fraction of sp³-hybridized carbons (Fsp3) is 0.200. The van der Waals surface area contributed by atoms with Crippen LogP contribution in [0.5, 0.6) is 0 Å². The highest BCUT2D eigenvalue weighted by Gasteiger charge is 2.16. The normalized spacial score (nSPS) is 10.6. The molecule has 1 rings (SSSR count). The van der Waals surface area contributed by atoms with Crippen molar-refractivity contribution in [3.63, 3.8) is 0 Å². The minimum Gasteiger partial charge on any atom is -0.204 e. The van der Waals surface area contributed by atoms with Gasteiger partial charge in [-0.25, -0.2) is 17.6 Å². The predicted octanol–water partition coefficient (Wildman–Crippen LogP) is 3.96. The molecule has 0 atom stereocenters. The predicted molar refractivity (Wildman–Crippen MR) is 53.9 cm³/mol. The third-order valence-electron chi connectivity index (χ3n) is 1.89. The third-order valence-corrected chi connectivity index (χ3v) is 1.89. The van der Waals surface area contributed by atoms with Gasteiger partial charge in [0, 0.05) is 17.5 Å². The van der Waals surface area contributed by atoms with Crippen molar-refractivity contribution < 1.29 is 17.6 Å². The topological polar surface area (TPSA) is 48.8 Å². The van der Waals surface area contributed by atoms with Crippen LogP contribution < -0.4 is 0 Å². The van der Waals surface area contributed by atoms with Gasteiger partial charge < -0.3 is 0 Å². The summed E-state index contributed by atoms with van der Waals surface area (Å²) in [7, 11) is 0. The monoisotopic (exact) mass is 245 g/mol. The molecule has 0 bridgehead atoms. The van der Waals surface area contributed by atoms with Gasteiger partial charge >= 0.3 is 0 Å². The van der Waals surface area contributed by atoms with Gasteiger partial charge in [-0.2, -0.15) is 0 Å². The van der Waals surface area contributed by atoms with Crippen LogP contribution in [0.2, 0.25) is 0 Å². The molecular weight excluding hydrogens is 238 g/mol. The van der Waals surface area contributed by atoms with Crippen molar-refractivity contribution in [3.05, 3.63) is 51.4 Å². The molecule has 0 saturated heterocycles. The lowest BCUT2D eigenvalue weighted by atomic mass is 10.1. The number of rotatable bonds is 4. The molecule has 0 amide bonds. The molecule has 1 aromatic rings. The second-order valence-corrected chi connectivity index (χ2v) is 3.03. The zero-order valence-corrected chi connectivity index (χ0v) is 8.50. The average Bonchev–Trinajstić information content (AvgIpc) is 2.30. The highest BCUT2D eigenvalue weighted by atomic mass is 19.2. The molecule has 0 radical (unpaired) electrons. The molecule has 3 nitrogen and oxygen atoms in total. The standard InChI is InChI=1S/C10H7F4N3/c11-7-5-8(12)10(14)6(9(7)13)3-1-2-4-16-17-15/h1,3,5H,2,4H2. The number of azide groups is 1. The summed E-state index contributed by atoms with van der Waals surface area (Å²) in [5.74, 6) is -5.83. The number of hydrogen-bond donors (Lipinski definition) is 0. The van der Waals surface area contributed by atoms with E-state index in [-0.39, 0.29) is 19.0 Å². The van der Waals surface area contributed by atoms with Gasteiger partial charge in [0.15, 0.2) is 23.3 Å². The Morgan fingerprint density at radius 3 is 2.29 bits per heavy atom. The highest BCUT2D eigenvalue weighted by molar-refractivity contribution is 5.51. The van der Waals surface area contributed by atoms with Crippen LogP contribution in [0.4, 0.5) is 17.6 Å². The van der Waals surface area contributed by atoms with Crippen LogP contribution in [-0.4, -0.2) is 6.54 Å². The first kappa shape index (κ1) is 13.1. The number of hydrogen-bond acceptors (Lipinski definition) is 1. The van der Waals surface area contributed by atoms with Gasteiger partial charge in [0.05, 0.1) is 5.56 Å². The number of nitrogens with zero attached hydrogens (tertiary/aromatic N) is 3. The van der Waals surface area contributed by atoms with Crippen LogP contribution >= 0.6 is 0 Å². The van der Waals surface area contributed by atoms with E-state index in [1.54, 1.807) is 0 Å². The maximum Gasteiger partial charge on any atom is 0.169 e. The fourth-order valence-electron chi connectivity index (χ4n) is 1.12. The van der Waals surface area contributed by atoms with Crippen molar-refractivity contribution >= 4 is 6.08 Å². The lowest BCUT2D eigenvalue weighted by molar-refractivity contribution is 0.451. The second-order valence-electron chi connectivity index (χ2n) is 3.03. The maximum atomic E-state index is 13.1. The lowest BCUT2D eigenvalue weighted by Crippen LogP contribution is -1.97. The van der Waals surface area contributed by atoms with Gasteiger partial charge in [0.1, 0.15) is 0 Å². The van der Waals surface area contributed by atoms with E-state index in [9.17, 15) is 17.6 Å². The maximum absolute atomic E-state index is 13.1. The van der Waals surface area contributed by atoms with Crippen LogP contribution in [-0.2, 0) is 0 Å². The fourth-order valence-corrected chi connectivity index (χ4v) is 1.12. The minimum absolute atomic E-state index is 0.0913. The van der Waals surface area contributed by atoms with E-state index in [2.05, 4.69) is 10.0 Å². The van der Waals surface area contributed by atoms with Crippen molar-refractivity contribution in [2.75, 3.05) is 6.54 Å². The molecule has 0 saturated carbocycles. The Morgan fingerprint density at radius 2 is 1.76 bits per heavy atom. The molecule has 1 aromatic carbocycles. The SMILES string of the molecule is [N-]=[N+]=NCCC=Cc1c(F)c(F)cc(F)c1F. The summed E-state index contributed by atoms with van der Waals surface area (Å²) in [6.45, 7) is 0.0913. The van der Waals surface area contributed by atoms with Gasteiger partial charge in [0.2, 0.25) is 0 Å². The first-order valence-electron chi connectivity index (χ1n) is 4.58. The summed E-state index contributed by atoms with van der Waals surface area (Å²) in [4.78, 5) is 2.47. The summed E-state index contributed by atoms with van der Waals surface area (Å²) in [6.07, 6.45) is 2.37. The van der Waals surface area contributed by atoms with Crippen molar-refractivity contribution in [1.29, 1.82) is 0 Å². The van der Waals surface area contributed by atoms with Gasteiger partial charge in [-0.05, 0) is 12.0 Å². The van der Waals surface area contributed by atoms with Crippen LogP contribution in [0.15, 0.2) is 17.3 Å². The summed E-state index contributed by atoms with van der Waals surface area (Å²) in [5, 5.41) is 3.18. The Hall–Kier alpha value is -2.01. The molecule has 17 heavy (non-hydrogen) atoms. The van der Waals surface area contributed by atoms with E-state index in [4.69, 9.17) is 5.53 Å². The summed E-state index contributed by atoms with van der Waals surface area (Å²) in [5.41, 5.74) is 7.17. The van der Waals surface area contributed by atoms with Gasteiger partial charge in [-0.3, -0.25) is 0 Å². The molecular formula is C10H7F4N3. The van der Waals surface area contributed by atoms with E-state index in [1.807, 2.05) is 0 Å². The molecule has 0 aliphatic rings. The smallest absolute Gasteiger partial charge is 0.169 e. The largest absolute Gasteiger partial charge is 0.204 e. The highest BCUT2D eigenvalue weighted by Crippen LogP contribution is 2.20. The van der Waals surface area contributed by atoms with Crippen LogP contribution in [0.1, 0.15) is 12.0 Å². The zero-order chi connectivity index (χ0) is 12.8. The zero-order valence-electron chi connectivity index (χ0n) is 8.50. The second kappa shape index (κ2) is 5.91. The third kappa shape index (κ3) is 3.22. The lowest BCUT2D eigenvalue weighted by Gasteiger charge is -2.01. The molecule has 0 aliphatic carbocycles. The quantitative estimate of drug-likeness (QED) is 0.192. The molecule has 0 N–H and O–H groups in total. The van der Waals surface area contributed by atoms with Gasteiger partial charge in [0.25, 0.3) is 0 Å². The Balaban J connectivity index is 2.93. The molecule has 7 heteroatoms. The molecule has 0 aliphatic heterocycles. The van der Waals surface area contributed by atoms with Crippen LogP contribution in [0.25, 0.3) is 16.5 Å². The molecule has 0 spiro atoms. The van der Waals surface area contributed by atoms with E-state index in [0.717, 1.165) is 6.08 Å². The van der Waals surface area contributed by atoms with Gasteiger partial charge in [-0.1, -0.05) is 17.3 Å². The Bertz CT molecular complexity index is 467. The first-order chi connectivity index (χ1) is 8.07. The molecule has 0 fully saturated rings. The minimum atomic E-state index is -1.46. The Morgan fingerprint density at radius 1 is 1.18 bits per heavy atom. The molecule has 0 unspecified atom stereocenters. The van der Waals surface area contributed by atoms with E-state index >= 15 is 0 Å². The number of halogens is 4. The Labute approximate surface area is 94.0 Å². The van der Waals surface area contributed by atoms with E-state index < -0.39 is 28.8 Å². The van der Waals surface area contributed by atoms with Crippen LogP contribution in [0.3, 0.4) is 0 Å². The van der Waals surface area contributed by atoms with Crippen LogP contribution in [0, 0.1) is 23.3 Å². The summed E-state index contributed by atoms with van der Waals surface area (Å²) >= 11 is 0. The van der Waals surface area contributed by atoms with Crippen molar-refractivity contribution in [2.45, 2.75) is 6.42 Å².